The maximum atomic E-state index is 12.5. The topological polar surface area (TPSA) is 85.3 Å². The van der Waals surface area contributed by atoms with Gasteiger partial charge in [0.1, 0.15) is 6.10 Å². The van der Waals surface area contributed by atoms with Gasteiger partial charge in [0.15, 0.2) is 0 Å². The molecule has 0 radical (unpaired) electrons. The molecule has 0 aromatic heterocycles. The van der Waals surface area contributed by atoms with Crippen LogP contribution in [0.3, 0.4) is 0 Å². The molecule has 2 atom stereocenters. The number of aliphatic hydroxyl groups excluding tert-OH is 1. The third-order valence-corrected chi connectivity index (χ3v) is 11.4. The van der Waals surface area contributed by atoms with Crippen LogP contribution in [0.5, 0.6) is 0 Å². The molecule has 328 valence electrons. The van der Waals surface area contributed by atoms with Crippen molar-refractivity contribution in [1.82, 2.24) is 4.90 Å². The first kappa shape index (κ1) is 53.7. The van der Waals surface area contributed by atoms with E-state index >= 15 is 0 Å². The summed E-state index contributed by atoms with van der Waals surface area (Å²) in [6, 6.07) is 0. The molecule has 0 fully saturated rings. The number of nitrogens with zero attached hydrogens (tertiary/aromatic N) is 1. The summed E-state index contributed by atoms with van der Waals surface area (Å²) in [6.45, 7) is 12.9. The van der Waals surface area contributed by atoms with E-state index in [2.05, 4.69) is 32.6 Å². The fraction of sp³-hybridized carbons (Fsp3) is 0.958. The molecule has 1 N–H and O–H groups in total. The van der Waals surface area contributed by atoms with E-state index in [0.717, 1.165) is 103 Å². The van der Waals surface area contributed by atoms with E-state index in [9.17, 15) is 14.7 Å². The van der Waals surface area contributed by atoms with Crippen LogP contribution in [-0.4, -0.2) is 67.7 Å². The second-order valence-corrected chi connectivity index (χ2v) is 16.6. The van der Waals surface area contributed by atoms with Crippen LogP contribution in [0.25, 0.3) is 0 Å². The van der Waals surface area contributed by atoms with Gasteiger partial charge in [-0.25, -0.2) is 4.79 Å². The Hall–Kier alpha value is -1.34. The van der Waals surface area contributed by atoms with Gasteiger partial charge in [-0.05, 0) is 77.3 Å². The lowest BCUT2D eigenvalue weighted by molar-refractivity contribution is -0.149. The number of ether oxygens (including phenoxy) is 3. The van der Waals surface area contributed by atoms with Crippen LogP contribution in [0.15, 0.2) is 0 Å². The van der Waals surface area contributed by atoms with Crippen LogP contribution in [0.4, 0.5) is 4.79 Å². The van der Waals surface area contributed by atoms with Crippen molar-refractivity contribution < 1.29 is 28.9 Å². The molecule has 0 aliphatic heterocycles. The molecule has 0 saturated heterocycles. The number of hydrogen-bond donors (Lipinski definition) is 1. The summed E-state index contributed by atoms with van der Waals surface area (Å²) in [5.74, 6) is 0.0934. The second-order valence-electron chi connectivity index (χ2n) is 16.6. The van der Waals surface area contributed by atoms with Gasteiger partial charge in [-0.3, -0.25) is 4.79 Å². The van der Waals surface area contributed by atoms with Crippen LogP contribution >= 0.6 is 0 Å². The molecule has 0 aromatic rings. The van der Waals surface area contributed by atoms with Gasteiger partial charge in [-0.15, -0.1) is 0 Å². The molecule has 0 aliphatic rings. The van der Waals surface area contributed by atoms with Gasteiger partial charge in [-0.1, -0.05) is 182 Å². The lowest BCUT2D eigenvalue weighted by Gasteiger charge is -2.21. The Bertz CT molecular complexity index is 794. The van der Waals surface area contributed by atoms with Crippen LogP contribution in [0.2, 0.25) is 0 Å². The lowest BCUT2D eigenvalue weighted by Crippen LogP contribution is -2.29. The predicted molar refractivity (Wildman–Crippen MR) is 234 cm³/mol. The summed E-state index contributed by atoms with van der Waals surface area (Å²) in [6.07, 6.45) is 39.7. The average Bonchev–Trinajstić information content (AvgIpc) is 3.18. The van der Waals surface area contributed by atoms with E-state index in [0.29, 0.717) is 13.2 Å². The highest BCUT2D eigenvalue weighted by Crippen LogP contribution is 2.19. The van der Waals surface area contributed by atoms with Gasteiger partial charge >= 0.3 is 12.1 Å². The van der Waals surface area contributed by atoms with Gasteiger partial charge in [0.05, 0.1) is 25.7 Å². The fourth-order valence-electron chi connectivity index (χ4n) is 7.61. The standard InChI is InChI=1S/C48H95NO6/c1-5-9-12-15-16-17-18-24-31-38-46(37-30-14-11-7-3)55-48(52)54-44-35-28-22-20-26-33-40-49(41-42-50)39-32-25-19-21-27-34-43-53-47(51)45(8-4)36-29-23-13-10-6-2/h45-46,50H,5-44H2,1-4H3. The van der Waals surface area contributed by atoms with Gasteiger partial charge < -0.3 is 24.2 Å². The molecule has 0 aliphatic carbocycles. The number of unbranched alkanes of at least 4 members (excludes halogenated alkanes) is 25. The highest BCUT2D eigenvalue weighted by atomic mass is 16.7. The maximum Gasteiger partial charge on any atom is 0.508 e. The highest BCUT2D eigenvalue weighted by molar-refractivity contribution is 5.72. The first-order valence-corrected chi connectivity index (χ1v) is 24.3. The molecule has 0 heterocycles. The highest BCUT2D eigenvalue weighted by Gasteiger charge is 2.18. The van der Waals surface area contributed by atoms with Crippen molar-refractivity contribution in [2.24, 2.45) is 5.92 Å². The smallest absolute Gasteiger partial charge is 0.465 e. The molecule has 2 unspecified atom stereocenters. The van der Waals surface area contributed by atoms with Crippen molar-refractivity contribution in [3.8, 4) is 0 Å². The minimum absolute atomic E-state index is 0.00176. The third kappa shape index (κ3) is 38.0. The Kier molecular flexibility index (Phi) is 42.7. The average molecular weight is 782 g/mol. The predicted octanol–water partition coefficient (Wildman–Crippen LogP) is 14.3. The van der Waals surface area contributed by atoms with Crippen molar-refractivity contribution in [1.29, 1.82) is 0 Å². The molecule has 7 nitrogen and oxygen atoms in total. The number of carbonyl (C=O) groups excluding carboxylic acids is 2. The summed E-state index contributed by atoms with van der Waals surface area (Å²) in [4.78, 5) is 27.3. The fourth-order valence-corrected chi connectivity index (χ4v) is 7.61. The van der Waals surface area contributed by atoms with Crippen molar-refractivity contribution in [2.45, 2.75) is 252 Å². The second kappa shape index (κ2) is 43.8. The van der Waals surface area contributed by atoms with E-state index in [1.54, 1.807) is 0 Å². The van der Waals surface area contributed by atoms with Crippen molar-refractivity contribution >= 4 is 12.1 Å². The molecule has 0 amide bonds. The number of rotatable bonds is 44. The van der Waals surface area contributed by atoms with Gasteiger partial charge in [0.2, 0.25) is 0 Å². The van der Waals surface area contributed by atoms with E-state index in [4.69, 9.17) is 14.2 Å². The van der Waals surface area contributed by atoms with Gasteiger partial charge in [0.25, 0.3) is 0 Å². The molecule has 7 heteroatoms. The SMILES string of the molecule is CCCCCCCCCCCC(CCCCCC)OC(=O)OCCCCCCCCN(CCO)CCCCCCCCOC(=O)C(CC)CCCCCCC. The zero-order chi connectivity index (χ0) is 40.3. The lowest BCUT2D eigenvalue weighted by atomic mass is 9.98. The summed E-state index contributed by atoms with van der Waals surface area (Å²) in [7, 11) is 0. The number of carbonyl (C=O) groups is 2. The number of aliphatic hydroxyl groups is 1. The van der Waals surface area contributed by atoms with Gasteiger partial charge in [-0.2, -0.15) is 0 Å². The third-order valence-electron chi connectivity index (χ3n) is 11.4. The Morgan fingerprint density at radius 3 is 1.29 bits per heavy atom. The normalized spacial score (nSPS) is 12.6. The zero-order valence-electron chi connectivity index (χ0n) is 37.4. The van der Waals surface area contributed by atoms with E-state index in [1.165, 1.54) is 135 Å². The van der Waals surface area contributed by atoms with E-state index in [1.807, 2.05) is 0 Å². The zero-order valence-corrected chi connectivity index (χ0v) is 37.4. The summed E-state index contributed by atoms with van der Waals surface area (Å²) in [5, 5.41) is 9.56. The Balaban J connectivity index is 3.92. The Morgan fingerprint density at radius 1 is 0.455 bits per heavy atom. The van der Waals surface area contributed by atoms with Crippen LogP contribution in [0, 0.1) is 5.92 Å². The first-order valence-electron chi connectivity index (χ1n) is 24.3. The van der Waals surface area contributed by atoms with Crippen LogP contribution in [0.1, 0.15) is 246 Å². The summed E-state index contributed by atoms with van der Waals surface area (Å²) in [5.41, 5.74) is 0. The largest absolute Gasteiger partial charge is 0.508 e. The van der Waals surface area contributed by atoms with Crippen molar-refractivity contribution in [3.05, 3.63) is 0 Å². The van der Waals surface area contributed by atoms with E-state index < -0.39 is 6.16 Å². The molecule has 0 saturated carbocycles. The maximum absolute atomic E-state index is 12.5. The van der Waals surface area contributed by atoms with Crippen molar-refractivity contribution in [2.75, 3.05) is 39.5 Å². The summed E-state index contributed by atoms with van der Waals surface area (Å²) < 4.78 is 16.9. The van der Waals surface area contributed by atoms with Gasteiger partial charge in [0, 0.05) is 6.54 Å². The molecule has 0 rings (SSSR count). The van der Waals surface area contributed by atoms with Crippen LogP contribution in [-0.2, 0) is 19.0 Å². The molecule has 55 heavy (non-hydrogen) atoms. The molecule has 0 bridgehead atoms. The molecular formula is C48H95NO6. The molecular weight excluding hydrogens is 687 g/mol. The van der Waals surface area contributed by atoms with Crippen molar-refractivity contribution in [3.63, 3.8) is 0 Å². The molecule has 0 aromatic carbocycles. The minimum Gasteiger partial charge on any atom is -0.465 e. The Morgan fingerprint density at radius 2 is 0.836 bits per heavy atom. The number of esters is 1. The van der Waals surface area contributed by atoms with Crippen LogP contribution < -0.4 is 0 Å². The quantitative estimate of drug-likeness (QED) is 0.0487. The Labute approximate surface area is 342 Å². The van der Waals surface area contributed by atoms with E-state index in [-0.39, 0.29) is 24.6 Å². The molecule has 0 spiro atoms. The summed E-state index contributed by atoms with van der Waals surface area (Å²) >= 11 is 0. The first-order chi connectivity index (χ1) is 27.0. The minimum atomic E-state index is -0.470. The monoisotopic (exact) mass is 782 g/mol. The number of hydrogen-bond acceptors (Lipinski definition) is 7.